The van der Waals surface area contributed by atoms with Gasteiger partial charge in [-0.15, -0.1) is 0 Å². The van der Waals surface area contributed by atoms with E-state index in [1.54, 1.807) is 24.3 Å². The molecule has 0 bridgehead atoms. The van der Waals surface area contributed by atoms with Crippen molar-refractivity contribution >= 4 is 5.97 Å². The lowest BCUT2D eigenvalue weighted by Crippen LogP contribution is -2.31. The molecule has 3 aromatic carbocycles. The van der Waals surface area contributed by atoms with E-state index < -0.39 is 0 Å². The Kier molecular flexibility index (Phi) is 6.28. The van der Waals surface area contributed by atoms with E-state index in [9.17, 15) is 13.6 Å². The zero-order chi connectivity index (χ0) is 21.8. The Morgan fingerprint density at radius 1 is 0.903 bits per heavy atom. The summed E-state index contributed by atoms with van der Waals surface area (Å²) >= 11 is 0. The smallest absolute Gasteiger partial charge is 0.322 e. The van der Waals surface area contributed by atoms with E-state index in [2.05, 4.69) is 5.32 Å². The Morgan fingerprint density at radius 2 is 1.45 bits per heavy atom. The molecule has 1 fully saturated rings. The molecular weight excluding hydrogens is 400 g/mol. The third-order valence-corrected chi connectivity index (χ3v) is 5.46. The van der Waals surface area contributed by atoms with Crippen LogP contribution in [0.15, 0.2) is 66.7 Å². The standard InChI is InChI=1S/C25H23F2NO3/c1-30-25(29)24-10-16(14-28-24)15-31-23-12-19(17-2-6-21(26)7-3-17)11-20(13-23)18-4-8-22(27)9-5-18/h2-9,11-13,16,24,28H,10,14-15H2,1H3/t16-,24-/m0/s1. The van der Waals surface area contributed by atoms with Gasteiger partial charge >= 0.3 is 5.97 Å². The molecule has 3 aromatic rings. The van der Waals surface area contributed by atoms with Gasteiger partial charge in [0, 0.05) is 12.5 Å². The van der Waals surface area contributed by atoms with Crippen molar-refractivity contribution in [2.45, 2.75) is 12.5 Å². The Bertz CT molecular complexity index is 988. The summed E-state index contributed by atoms with van der Waals surface area (Å²) in [4.78, 5) is 11.7. The first kappa shape index (κ1) is 21.0. The summed E-state index contributed by atoms with van der Waals surface area (Å²) in [5.74, 6) is -0.0393. The summed E-state index contributed by atoms with van der Waals surface area (Å²) in [6.07, 6.45) is 0.648. The van der Waals surface area contributed by atoms with Gasteiger partial charge in [-0.2, -0.15) is 0 Å². The lowest BCUT2D eigenvalue weighted by Gasteiger charge is -2.15. The van der Waals surface area contributed by atoms with Crippen molar-refractivity contribution in [1.82, 2.24) is 5.32 Å². The van der Waals surface area contributed by atoms with E-state index in [1.165, 1.54) is 31.4 Å². The molecule has 6 heteroatoms. The lowest BCUT2D eigenvalue weighted by atomic mass is 9.98. The maximum absolute atomic E-state index is 13.4. The number of hydrogen-bond acceptors (Lipinski definition) is 4. The van der Waals surface area contributed by atoms with Crippen LogP contribution in [0.3, 0.4) is 0 Å². The monoisotopic (exact) mass is 423 g/mol. The maximum Gasteiger partial charge on any atom is 0.322 e. The molecule has 0 spiro atoms. The minimum absolute atomic E-state index is 0.174. The van der Waals surface area contributed by atoms with Crippen LogP contribution in [-0.2, 0) is 9.53 Å². The topological polar surface area (TPSA) is 47.6 Å². The fraction of sp³-hybridized carbons (Fsp3) is 0.240. The van der Waals surface area contributed by atoms with Gasteiger partial charge in [0.1, 0.15) is 23.4 Å². The van der Waals surface area contributed by atoms with Crippen LogP contribution in [-0.4, -0.2) is 32.3 Å². The van der Waals surface area contributed by atoms with Gasteiger partial charge in [0.15, 0.2) is 0 Å². The number of halogens is 2. The molecule has 0 aliphatic carbocycles. The molecule has 1 saturated heterocycles. The Hall–Kier alpha value is -3.25. The van der Waals surface area contributed by atoms with Crippen molar-refractivity contribution in [3.8, 4) is 28.0 Å². The van der Waals surface area contributed by atoms with Crippen LogP contribution in [0.1, 0.15) is 6.42 Å². The zero-order valence-electron chi connectivity index (χ0n) is 17.1. The van der Waals surface area contributed by atoms with Crippen molar-refractivity contribution in [2.24, 2.45) is 5.92 Å². The van der Waals surface area contributed by atoms with Gasteiger partial charge in [-0.25, -0.2) is 8.78 Å². The Labute approximate surface area is 179 Å². The second kappa shape index (κ2) is 9.27. The SMILES string of the molecule is COC(=O)[C@@H]1C[C@H](COc2cc(-c3ccc(F)cc3)cc(-c3ccc(F)cc3)c2)CN1. The molecule has 1 aliphatic rings. The summed E-state index contributed by atoms with van der Waals surface area (Å²) in [5.41, 5.74) is 3.44. The number of hydrogen-bond donors (Lipinski definition) is 1. The van der Waals surface area contributed by atoms with Gasteiger partial charge in [-0.3, -0.25) is 4.79 Å². The number of rotatable bonds is 6. The summed E-state index contributed by atoms with van der Waals surface area (Å²) in [6.45, 7) is 1.11. The maximum atomic E-state index is 13.4. The molecule has 160 valence electrons. The molecule has 0 unspecified atom stereocenters. The fourth-order valence-corrected chi connectivity index (χ4v) is 3.77. The highest BCUT2D eigenvalue weighted by Crippen LogP contribution is 2.32. The molecule has 0 saturated carbocycles. The second-order valence-electron chi connectivity index (χ2n) is 7.66. The van der Waals surface area contributed by atoms with E-state index >= 15 is 0 Å². The fourth-order valence-electron chi connectivity index (χ4n) is 3.77. The predicted octanol–water partition coefficient (Wildman–Crippen LogP) is 4.83. The predicted molar refractivity (Wildman–Crippen MR) is 115 cm³/mol. The number of carbonyl (C=O) groups excluding carboxylic acids is 1. The van der Waals surface area contributed by atoms with E-state index in [4.69, 9.17) is 9.47 Å². The number of ether oxygens (including phenoxy) is 2. The first-order chi connectivity index (χ1) is 15.0. The number of methoxy groups -OCH3 is 1. The molecule has 4 nitrogen and oxygen atoms in total. The number of esters is 1. The second-order valence-corrected chi connectivity index (χ2v) is 7.66. The van der Waals surface area contributed by atoms with Crippen LogP contribution in [0.5, 0.6) is 5.75 Å². The van der Waals surface area contributed by atoms with Crippen molar-refractivity contribution in [3.63, 3.8) is 0 Å². The summed E-state index contributed by atoms with van der Waals surface area (Å²) in [7, 11) is 1.38. The molecule has 31 heavy (non-hydrogen) atoms. The molecular formula is C25H23F2NO3. The van der Waals surface area contributed by atoms with E-state index in [1.807, 2.05) is 18.2 Å². The van der Waals surface area contributed by atoms with Gasteiger partial charge in [0.25, 0.3) is 0 Å². The van der Waals surface area contributed by atoms with Crippen molar-refractivity contribution < 1.29 is 23.0 Å². The van der Waals surface area contributed by atoms with Crippen molar-refractivity contribution in [2.75, 3.05) is 20.3 Å². The highest BCUT2D eigenvalue weighted by molar-refractivity contribution is 5.76. The molecule has 0 aromatic heterocycles. The van der Waals surface area contributed by atoms with E-state index in [0.29, 0.717) is 25.3 Å². The largest absolute Gasteiger partial charge is 0.493 e. The first-order valence-electron chi connectivity index (χ1n) is 10.1. The molecule has 4 rings (SSSR count). The first-order valence-corrected chi connectivity index (χ1v) is 10.1. The number of benzene rings is 3. The van der Waals surface area contributed by atoms with Crippen LogP contribution >= 0.6 is 0 Å². The molecule has 0 radical (unpaired) electrons. The number of carbonyl (C=O) groups is 1. The van der Waals surface area contributed by atoms with E-state index in [0.717, 1.165) is 22.3 Å². The van der Waals surface area contributed by atoms with Crippen molar-refractivity contribution in [1.29, 1.82) is 0 Å². The summed E-state index contributed by atoms with van der Waals surface area (Å²) in [6, 6.07) is 18.0. The van der Waals surface area contributed by atoms with Crippen LogP contribution in [0.2, 0.25) is 0 Å². The average molecular weight is 423 g/mol. The summed E-state index contributed by atoms with van der Waals surface area (Å²) in [5, 5.41) is 3.15. The van der Waals surface area contributed by atoms with Gasteiger partial charge in [-0.1, -0.05) is 24.3 Å². The van der Waals surface area contributed by atoms with Gasteiger partial charge in [0.2, 0.25) is 0 Å². The quantitative estimate of drug-likeness (QED) is 0.577. The minimum atomic E-state index is -0.307. The van der Waals surface area contributed by atoms with Gasteiger partial charge in [0.05, 0.1) is 13.7 Å². The highest BCUT2D eigenvalue weighted by Gasteiger charge is 2.30. The van der Waals surface area contributed by atoms with Gasteiger partial charge < -0.3 is 14.8 Å². The molecule has 0 amide bonds. The van der Waals surface area contributed by atoms with Crippen LogP contribution in [0.4, 0.5) is 8.78 Å². The van der Waals surface area contributed by atoms with Crippen LogP contribution < -0.4 is 10.1 Å². The summed E-state index contributed by atoms with van der Waals surface area (Å²) < 4.78 is 37.6. The lowest BCUT2D eigenvalue weighted by molar-refractivity contribution is -0.142. The third-order valence-electron chi connectivity index (χ3n) is 5.46. The third kappa shape index (κ3) is 5.09. The molecule has 1 aliphatic heterocycles. The van der Waals surface area contributed by atoms with Crippen molar-refractivity contribution in [3.05, 3.63) is 78.4 Å². The Morgan fingerprint density at radius 3 is 1.97 bits per heavy atom. The molecule has 2 atom stereocenters. The number of nitrogens with one attached hydrogen (secondary N) is 1. The van der Waals surface area contributed by atoms with E-state index in [-0.39, 0.29) is 29.6 Å². The molecule has 1 heterocycles. The van der Waals surface area contributed by atoms with Crippen LogP contribution in [0.25, 0.3) is 22.3 Å². The Balaban J connectivity index is 1.58. The van der Waals surface area contributed by atoms with Crippen LogP contribution in [0, 0.1) is 17.6 Å². The minimum Gasteiger partial charge on any atom is -0.493 e. The highest BCUT2D eigenvalue weighted by atomic mass is 19.1. The molecule has 1 N–H and O–H groups in total. The normalized spacial score (nSPS) is 18.0. The zero-order valence-corrected chi connectivity index (χ0v) is 17.1. The van der Waals surface area contributed by atoms with Gasteiger partial charge in [-0.05, 0) is 71.1 Å². The average Bonchev–Trinajstić information content (AvgIpc) is 3.27.